The van der Waals surface area contributed by atoms with E-state index >= 15 is 0 Å². The molecule has 1 saturated carbocycles. The van der Waals surface area contributed by atoms with Gasteiger partial charge in [-0.15, -0.1) is 0 Å². The number of hydrogen-bond acceptors (Lipinski definition) is 4. The van der Waals surface area contributed by atoms with Gasteiger partial charge in [-0.3, -0.25) is 0 Å². The lowest BCUT2D eigenvalue weighted by Gasteiger charge is -2.55. The summed E-state index contributed by atoms with van der Waals surface area (Å²) in [5.41, 5.74) is 20.3. The summed E-state index contributed by atoms with van der Waals surface area (Å²) < 4.78 is 13.9. The fraction of sp³-hybridized carbons (Fsp3) is 0.276. The Bertz CT molecular complexity index is 3430. The zero-order chi connectivity index (χ0) is 42.9. The Morgan fingerprint density at radius 2 is 1.16 bits per heavy atom. The van der Waals surface area contributed by atoms with Crippen molar-refractivity contribution in [1.29, 1.82) is 0 Å². The van der Waals surface area contributed by atoms with E-state index in [1.54, 1.807) is 0 Å². The lowest BCUT2D eigenvalue weighted by atomic mass is 9.41. The van der Waals surface area contributed by atoms with Gasteiger partial charge >= 0.3 is 6.85 Å². The molecule has 310 valence electrons. The van der Waals surface area contributed by atoms with Gasteiger partial charge in [0, 0.05) is 49.6 Å². The van der Waals surface area contributed by atoms with E-state index in [1.165, 1.54) is 102 Å². The molecular weight excluding hydrogens is 767 g/mol. The van der Waals surface area contributed by atoms with E-state index in [2.05, 4.69) is 192 Å². The van der Waals surface area contributed by atoms with Crippen LogP contribution in [0.5, 0.6) is 0 Å². The van der Waals surface area contributed by atoms with Gasteiger partial charge < -0.3 is 18.5 Å². The van der Waals surface area contributed by atoms with Crippen molar-refractivity contribution >= 4 is 84.4 Å². The molecule has 2 atom stereocenters. The van der Waals surface area contributed by atoms with Crippen molar-refractivity contribution in [2.24, 2.45) is 0 Å². The van der Waals surface area contributed by atoms with E-state index in [1.807, 2.05) is 0 Å². The van der Waals surface area contributed by atoms with Crippen molar-refractivity contribution in [3.05, 3.63) is 144 Å². The van der Waals surface area contributed by atoms with E-state index in [9.17, 15) is 0 Å². The maximum Gasteiger partial charge on any atom is 0.329 e. The van der Waals surface area contributed by atoms with Crippen LogP contribution < -0.4 is 20.6 Å². The molecule has 0 N–H and O–H groups in total. The van der Waals surface area contributed by atoms with Gasteiger partial charge in [-0.1, -0.05) is 140 Å². The van der Waals surface area contributed by atoms with Gasteiger partial charge in [-0.05, 0) is 118 Å². The fourth-order valence-corrected chi connectivity index (χ4v) is 12.7. The van der Waals surface area contributed by atoms with E-state index in [0.717, 1.165) is 39.8 Å². The molecule has 63 heavy (non-hydrogen) atoms. The molecule has 0 spiro atoms. The van der Waals surface area contributed by atoms with Crippen molar-refractivity contribution in [3.8, 4) is 22.3 Å². The summed E-state index contributed by atoms with van der Waals surface area (Å²) in [6, 6.07) is 47.8. The van der Waals surface area contributed by atoms with Crippen molar-refractivity contribution in [3.63, 3.8) is 0 Å². The van der Waals surface area contributed by atoms with Crippen LogP contribution in [-0.2, 0) is 16.2 Å². The number of rotatable bonds is 2. The molecule has 2 unspecified atom stereocenters. The predicted molar refractivity (Wildman–Crippen MR) is 266 cm³/mol. The summed E-state index contributed by atoms with van der Waals surface area (Å²) in [6.45, 7) is 19.2. The highest BCUT2D eigenvalue weighted by Crippen LogP contribution is 2.64. The van der Waals surface area contributed by atoms with Crippen LogP contribution in [0.4, 0.5) is 22.7 Å². The summed E-state index contributed by atoms with van der Waals surface area (Å²) in [7, 11) is 0. The van der Waals surface area contributed by atoms with Crippen molar-refractivity contribution in [2.75, 3.05) is 9.71 Å². The van der Waals surface area contributed by atoms with Gasteiger partial charge in [0.15, 0.2) is 0 Å². The van der Waals surface area contributed by atoms with Gasteiger partial charge in [0.05, 0.1) is 16.8 Å². The van der Waals surface area contributed by atoms with Crippen LogP contribution in [0.15, 0.2) is 136 Å². The first-order valence-electron chi connectivity index (χ1n) is 23.2. The molecule has 5 heteroatoms. The minimum absolute atomic E-state index is 0.0410. The molecule has 5 heterocycles. The molecule has 1 fully saturated rings. The zero-order valence-corrected chi connectivity index (χ0v) is 37.7. The number of para-hydroxylation sites is 2. The van der Waals surface area contributed by atoms with Gasteiger partial charge in [0.1, 0.15) is 22.3 Å². The highest BCUT2D eigenvalue weighted by atomic mass is 16.3. The van der Waals surface area contributed by atoms with Gasteiger partial charge in [0.25, 0.3) is 0 Å². The Labute approximate surface area is 370 Å². The lowest BCUT2D eigenvalue weighted by Crippen LogP contribution is -2.70. The normalized spacial score (nSPS) is 20.2. The number of hydrogen-bond donors (Lipinski definition) is 0. The largest absolute Gasteiger partial charge is 0.456 e. The third-order valence-corrected chi connectivity index (χ3v) is 16.1. The average molecular weight is 821 g/mol. The highest BCUT2D eigenvalue weighted by molar-refractivity contribution is 6.95. The quantitative estimate of drug-likeness (QED) is 0.163. The van der Waals surface area contributed by atoms with E-state index in [-0.39, 0.29) is 28.6 Å². The third-order valence-electron chi connectivity index (χ3n) is 16.1. The Balaban J connectivity index is 1.27. The molecule has 7 aromatic carbocycles. The summed E-state index contributed by atoms with van der Waals surface area (Å²) in [6.07, 6.45) is 4.76. The number of anilines is 4. The van der Waals surface area contributed by atoms with Crippen LogP contribution in [0, 0.1) is 0 Å². The molecule has 0 amide bonds. The highest BCUT2D eigenvalue weighted by Gasteiger charge is 2.63. The third kappa shape index (κ3) is 4.78. The van der Waals surface area contributed by atoms with Crippen LogP contribution in [0.1, 0.15) is 97.8 Å². The number of fused-ring (bicyclic) bond motifs is 15. The topological polar surface area (TPSA) is 32.8 Å². The zero-order valence-electron chi connectivity index (χ0n) is 37.7. The van der Waals surface area contributed by atoms with Gasteiger partial charge in [-0.25, -0.2) is 0 Å². The minimum Gasteiger partial charge on any atom is -0.456 e. The van der Waals surface area contributed by atoms with Crippen LogP contribution >= 0.6 is 0 Å². The second kappa shape index (κ2) is 12.3. The SMILES string of the molecule is CC(C)(C)c1ccc(N2c3ccc4oc5ccccc5c4c3B3c4c(cc5oc6ccccc6c5c42)-c2cc(C(C)(C)C)cc4c2N3C2(C)CCCCC42C)c(-c2ccccc2)c1. The van der Waals surface area contributed by atoms with E-state index in [0.29, 0.717) is 0 Å². The average Bonchev–Trinajstić information content (AvgIpc) is 3.91. The standard InChI is InChI=1S/C58H53BN2O2/c1-55(2,3)35-24-25-43(39(30-35)34-18-10-9-11-19-34)60-44-26-27-47-49(37-20-12-14-22-45(37)62-47)52(44)59-51-40(33-48-50(54(51)60)38-21-13-15-23-46(38)63-48)41-31-36(56(4,5)6)32-42-53(41)61(59)58(8)29-17-16-28-57(42,58)7/h9-15,18-27,30-33H,16-17,28-29H2,1-8H3. The van der Waals surface area contributed by atoms with Gasteiger partial charge in [0.2, 0.25) is 0 Å². The Morgan fingerprint density at radius 1 is 0.524 bits per heavy atom. The molecule has 0 saturated heterocycles. The van der Waals surface area contributed by atoms with Crippen LogP contribution in [0.2, 0.25) is 0 Å². The Kier molecular flexibility index (Phi) is 7.29. The first kappa shape index (κ1) is 37.4. The van der Waals surface area contributed by atoms with Crippen molar-refractivity contribution < 1.29 is 8.83 Å². The summed E-state index contributed by atoms with van der Waals surface area (Å²) in [5, 5.41) is 4.69. The maximum absolute atomic E-state index is 7.05. The van der Waals surface area contributed by atoms with Crippen LogP contribution in [0.25, 0.3) is 66.1 Å². The van der Waals surface area contributed by atoms with Crippen molar-refractivity contribution in [1.82, 2.24) is 0 Å². The second-order valence-corrected chi connectivity index (χ2v) is 21.6. The summed E-state index contributed by atoms with van der Waals surface area (Å²) in [4.78, 5) is 5.60. The molecule has 0 radical (unpaired) electrons. The van der Waals surface area contributed by atoms with E-state index in [4.69, 9.17) is 8.83 Å². The molecule has 9 aromatic rings. The number of nitrogens with zero attached hydrogens (tertiary/aromatic N) is 2. The molecule has 2 aromatic heterocycles. The van der Waals surface area contributed by atoms with Crippen LogP contribution in [-0.4, -0.2) is 12.4 Å². The maximum atomic E-state index is 7.05. The van der Waals surface area contributed by atoms with Gasteiger partial charge in [-0.2, -0.15) is 0 Å². The predicted octanol–water partition coefficient (Wildman–Crippen LogP) is 14.7. The number of furan rings is 2. The molecule has 4 nitrogen and oxygen atoms in total. The molecule has 0 bridgehead atoms. The first-order chi connectivity index (χ1) is 30.3. The smallest absolute Gasteiger partial charge is 0.329 e. The van der Waals surface area contributed by atoms with Crippen LogP contribution in [0.3, 0.4) is 0 Å². The summed E-state index contributed by atoms with van der Waals surface area (Å²) >= 11 is 0. The monoisotopic (exact) mass is 820 g/mol. The first-order valence-corrected chi connectivity index (χ1v) is 23.2. The second-order valence-electron chi connectivity index (χ2n) is 21.6. The molecule has 4 aliphatic rings. The fourth-order valence-electron chi connectivity index (χ4n) is 12.7. The molecule has 1 aliphatic carbocycles. The molecule has 3 aliphatic heterocycles. The summed E-state index contributed by atoms with van der Waals surface area (Å²) in [5.74, 6) is 0. The lowest BCUT2D eigenvalue weighted by molar-refractivity contribution is 0.199. The minimum atomic E-state index is -0.142. The Hall–Kier alpha value is -6.20. The molecule has 13 rings (SSSR count). The molecular formula is C58H53BN2O2. The van der Waals surface area contributed by atoms with Crippen molar-refractivity contribution in [2.45, 2.75) is 103 Å². The number of benzene rings is 7. The van der Waals surface area contributed by atoms with E-state index < -0.39 is 0 Å². The Morgan fingerprint density at radius 3 is 1.89 bits per heavy atom.